The lowest BCUT2D eigenvalue weighted by Crippen LogP contribution is -2.72. The summed E-state index contributed by atoms with van der Waals surface area (Å²) in [7, 11) is 0. The van der Waals surface area contributed by atoms with Crippen LogP contribution in [0.3, 0.4) is 0 Å². The minimum Gasteiger partial charge on any atom is -0.459 e. The van der Waals surface area contributed by atoms with Crippen LogP contribution in [0.4, 0.5) is 0 Å². The number of allylic oxidation sites excluding steroid dienone is 2. The van der Waals surface area contributed by atoms with E-state index in [1.54, 1.807) is 0 Å². The number of carbonyl (C=O) groups excluding carboxylic acids is 1. The molecule has 0 amide bonds. The van der Waals surface area contributed by atoms with Gasteiger partial charge in [-0.25, -0.2) is 0 Å². The van der Waals surface area contributed by atoms with Crippen molar-refractivity contribution in [2.24, 2.45) is 56.2 Å². The number of carbonyl (C=O) groups is 1. The van der Waals surface area contributed by atoms with Crippen molar-refractivity contribution in [1.29, 1.82) is 0 Å². The number of rotatable bonds is 5. The lowest BCUT2D eigenvalue weighted by atomic mass is 9.33. The molecule has 0 aliphatic heterocycles. The summed E-state index contributed by atoms with van der Waals surface area (Å²) in [5.74, 6) is 0.0460. The molecular formula is C35H58O7. The van der Waals surface area contributed by atoms with E-state index in [9.17, 15) is 30.3 Å². The average Bonchev–Trinajstić information content (AvgIpc) is 2.89. The molecule has 7 nitrogen and oxygen atoms in total. The van der Waals surface area contributed by atoms with Gasteiger partial charge in [0.2, 0.25) is 0 Å². The standard InChI is InChI=1S/C35H58O7/c1-20(2)15-27(40)42-29-28(41)35(19-37)22(16-30(29,3)4)21-9-10-24-31(5)13-12-25(38)32(6,18-36)23(31)11-14-33(24,7)34(21,8)17-26(35)39/h9,20,22-26,28-29,36-39,41H,10-19H2,1-8H3. The number of aliphatic hydroxyl groups excluding tert-OH is 5. The van der Waals surface area contributed by atoms with Crippen molar-refractivity contribution in [3.05, 3.63) is 11.6 Å². The minimum absolute atomic E-state index is 0.0219. The summed E-state index contributed by atoms with van der Waals surface area (Å²) < 4.78 is 5.96. The highest BCUT2D eigenvalue weighted by atomic mass is 16.6. The average molecular weight is 591 g/mol. The molecule has 7 heteroatoms. The summed E-state index contributed by atoms with van der Waals surface area (Å²) >= 11 is 0. The Labute approximate surface area is 253 Å². The molecule has 0 spiro atoms. The van der Waals surface area contributed by atoms with Crippen molar-refractivity contribution in [2.75, 3.05) is 13.2 Å². The Kier molecular flexibility index (Phi) is 7.92. The molecule has 0 aromatic heterocycles. The molecule has 5 aliphatic carbocycles. The van der Waals surface area contributed by atoms with Crippen molar-refractivity contribution in [3.63, 3.8) is 0 Å². The monoisotopic (exact) mass is 590 g/mol. The van der Waals surface area contributed by atoms with E-state index in [1.807, 2.05) is 27.7 Å². The summed E-state index contributed by atoms with van der Waals surface area (Å²) in [5.41, 5.74) is -1.61. The quantitative estimate of drug-likeness (QED) is 0.234. The third-order valence-corrected chi connectivity index (χ3v) is 14.3. The Bertz CT molecular complexity index is 1100. The molecule has 5 rings (SSSR count). The molecule has 0 bridgehead atoms. The molecule has 0 heterocycles. The van der Waals surface area contributed by atoms with E-state index in [0.29, 0.717) is 25.2 Å². The second-order valence-electron chi connectivity index (χ2n) is 17.2. The molecule has 12 atom stereocenters. The first-order chi connectivity index (χ1) is 19.4. The van der Waals surface area contributed by atoms with Crippen molar-refractivity contribution >= 4 is 5.97 Å². The summed E-state index contributed by atoms with van der Waals surface area (Å²) in [6.45, 7) is 16.7. The predicted octanol–water partition coefficient (Wildman–Crippen LogP) is 4.62. The van der Waals surface area contributed by atoms with Gasteiger partial charge in [0, 0.05) is 17.3 Å². The first kappa shape index (κ1) is 32.4. The number of ether oxygens (including phenoxy) is 1. The molecule has 0 aromatic rings. The molecular weight excluding hydrogens is 532 g/mol. The predicted molar refractivity (Wildman–Crippen MR) is 161 cm³/mol. The Morgan fingerprint density at radius 2 is 1.60 bits per heavy atom. The SMILES string of the molecule is CC(C)CC(=O)OC1C(O)C2(CO)C(O)CC3(C)C(=CCC4C5(C)CCC(O)C(C)(CO)C5CCC43C)C2CC1(C)C. The van der Waals surface area contributed by atoms with Gasteiger partial charge in [0.15, 0.2) is 0 Å². The first-order valence-electron chi connectivity index (χ1n) is 16.5. The Balaban J connectivity index is 1.56. The van der Waals surface area contributed by atoms with Crippen molar-refractivity contribution in [2.45, 2.75) is 131 Å². The Morgan fingerprint density at radius 1 is 0.929 bits per heavy atom. The number of hydrogen-bond acceptors (Lipinski definition) is 7. The fourth-order valence-corrected chi connectivity index (χ4v) is 11.7. The zero-order valence-electron chi connectivity index (χ0n) is 27.3. The van der Waals surface area contributed by atoms with Crippen LogP contribution in [0.1, 0.15) is 107 Å². The van der Waals surface area contributed by atoms with E-state index in [1.165, 1.54) is 5.57 Å². The molecule has 0 saturated heterocycles. The van der Waals surface area contributed by atoms with Crippen LogP contribution in [0, 0.1) is 56.2 Å². The lowest BCUT2D eigenvalue weighted by molar-refractivity contribution is -0.263. The van der Waals surface area contributed by atoms with Gasteiger partial charge in [-0.2, -0.15) is 0 Å². The molecule has 0 aromatic carbocycles. The van der Waals surface area contributed by atoms with Crippen molar-refractivity contribution in [3.8, 4) is 0 Å². The van der Waals surface area contributed by atoms with Gasteiger partial charge in [-0.1, -0.05) is 67.0 Å². The maximum absolute atomic E-state index is 12.8. The second kappa shape index (κ2) is 10.3. The minimum atomic E-state index is -1.21. The van der Waals surface area contributed by atoms with Gasteiger partial charge < -0.3 is 30.3 Å². The van der Waals surface area contributed by atoms with Gasteiger partial charge in [0.1, 0.15) is 12.2 Å². The van der Waals surface area contributed by atoms with Gasteiger partial charge in [0.25, 0.3) is 0 Å². The summed E-state index contributed by atoms with van der Waals surface area (Å²) in [4.78, 5) is 12.8. The van der Waals surface area contributed by atoms with Gasteiger partial charge in [-0.15, -0.1) is 0 Å². The van der Waals surface area contributed by atoms with E-state index in [0.717, 1.165) is 25.7 Å². The van der Waals surface area contributed by atoms with Gasteiger partial charge in [0.05, 0.1) is 30.8 Å². The molecule has 5 N–H and O–H groups in total. The number of esters is 1. The van der Waals surface area contributed by atoms with E-state index in [-0.39, 0.29) is 59.6 Å². The molecule has 5 aliphatic rings. The molecule has 0 radical (unpaired) electrons. The topological polar surface area (TPSA) is 127 Å². The lowest BCUT2D eigenvalue weighted by Gasteiger charge is -2.72. The van der Waals surface area contributed by atoms with Crippen LogP contribution in [0.15, 0.2) is 11.6 Å². The normalized spacial score (nSPS) is 51.5. The van der Waals surface area contributed by atoms with E-state index < -0.39 is 40.7 Å². The maximum atomic E-state index is 12.8. The number of hydrogen-bond donors (Lipinski definition) is 5. The zero-order chi connectivity index (χ0) is 31.3. The molecule has 4 saturated carbocycles. The first-order valence-corrected chi connectivity index (χ1v) is 16.5. The van der Waals surface area contributed by atoms with Crippen LogP contribution in [0.2, 0.25) is 0 Å². The van der Waals surface area contributed by atoms with Crippen LogP contribution in [-0.2, 0) is 9.53 Å². The third-order valence-electron chi connectivity index (χ3n) is 14.3. The van der Waals surface area contributed by atoms with Gasteiger partial charge >= 0.3 is 5.97 Å². The van der Waals surface area contributed by atoms with E-state index >= 15 is 0 Å². The van der Waals surface area contributed by atoms with Crippen LogP contribution >= 0.6 is 0 Å². The fourth-order valence-electron chi connectivity index (χ4n) is 11.7. The molecule has 12 unspecified atom stereocenters. The van der Waals surface area contributed by atoms with Crippen LogP contribution in [0.25, 0.3) is 0 Å². The van der Waals surface area contributed by atoms with E-state index in [2.05, 4.69) is 33.8 Å². The number of aliphatic hydroxyl groups is 5. The second-order valence-corrected chi connectivity index (χ2v) is 17.2. The maximum Gasteiger partial charge on any atom is 0.306 e. The molecule has 42 heavy (non-hydrogen) atoms. The molecule has 240 valence electrons. The highest BCUT2D eigenvalue weighted by Gasteiger charge is 2.72. The number of fused-ring (bicyclic) bond motifs is 7. The largest absolute Gasteiger partial charge is 0.459 e. The van der Waals surface area contributed by atoms with Crippen LogP contribution in [-0.4, -0.2) is 69.1 Å². The van der Waals surface area contributed by atoms with Gasteiger partial charge in [-0.05, 0) is 84.9 Å². The van der Waals surface area contributed by atoms with Crippen LogP contribution < -0.4 is 0 Å². The van der Waals surface area contributed by atoms with Crippen molar-refractivity contribution in [1.82, 2.24) is 0 Å². The summed E-state index contributed by atoms with van der Waals surface area (Å²) in [5, 5.41) is 56.6. The third kappa shape index (κ3) is 4.12. The molecule has 4 fully saturated rings. The van der Waals surface area contributed by atoms with E-state index in [4.69, 9.17) is 4.74 Å². The van der Waals surface area contributed by atoms with Crippen LogP contribution in [0.5, 0.6) is 0 Å². The van der Waals surface area contributed by atoms with Gasteiger partial charge in [-0.3, -0.25) is 4.79 Å². The zero-order valence-corrected chi connectivity index (χ0v) is 27.3. The highest BCUT2D eigenvalue weighted by Crippen LogP contribution is 2.75. The Morgan fingerprint density at radius 3 is 2.19 bits per heavy atom. The fraction of sp³-hybridized carbons (Fsp3) is 0.914. The summed E-state index contributed by atoms with van der Waals surface area (Å²) in [6.07, 6.45) is 4.45. The Hall–Kier alpha value is -0.990. The smallest absolute Gasteiger partial charge is 0.306 e. The van der Waals surface area contributed by atoms with Crippen molar-refractivity contribution < 1.29 is 35.1 Å². The highest BCUT2D eigenvalue weighted by molar-refractivity contribution is 5.70. The summed E-state index contributed by atoms with van der Waals surface area (Å²) in [6, 6.07) is 0.